The molecule has 6 nitrogen and oxygen atoms in total. The molecule has 1 unspecified atom stereocenters. The van der Waals surface area contributed by atoms with Crippen molar-refractivity contribution in [3.05, 3.63) is 53.5 Å². The smallest absolute Gasteiger partial charge is 0.275 e. The van der Waals surface area contributed by atoms with Gasteiger partial charge in [-0.2, -0.15) is 0 Å². The van der Waals surface area contributed by atoms with Gasteiger partial charge in [-0.25, -0.2) is 8.78 Å². The number of carbonyl (C=O) groups excluding carboxylic acids is 2. The van der Waals surface area contributed by atoms with Crippen LogP contribution < -0.4 is 15.5 Å². The van der Waals surface area contributed by atoms with Crippen LogP contribution in [-0.4, -0.2) is 32.0 Å². The van der Waals surface area contributed by atoms with E-state index < -0.39 is 17.5 Å². The molecule has 0 saturated carbocycles. The maximum atomic E-state index is 13.1. The third kappa shape index (κ3) is 6.00. The number of nitrogens with one attached hydrogen (secondary N) is 3. The topological polar surface area (TPSA) is 75.8 Å². The van der Waals surface area contributed by atoms with E-state index in [0.29, 0.717) is 6.54 Å². The number of benzene rings is 1. The van der Waals surface area contributed by atoms with Crippen molar-refractivity contribution in [1.29, 1.82) is 0 Å². The van der Waals surface area contributed by atoms with Gasteiger partial charge < -0.3 is 20.0 Å². The lowest BCUT2D eigenvalue weighted by atomic mass is 10.3. The summed E-state index contributed by atoms with van der Waals surface area (Å²) in [6, 6.07) is 6.73. The summed E-state index contributed by atoms with van der Waals surface area (Å²) < 4.78 is 31.3. The van der Waals surface area contributed by atoms with Crippen molar-refractivity contribution in [3.8, 4) is 0 Å². The molecular weight excluding hydrogens is 332 g/mol. The highest BCUT2D eigenvalue weighted by molar-refractivity contribution is 5.94. The summed E-state index contributed by atoms with van der Waals surface area (Å²) in [4.78, 5) is 24.5. The average Bonchev–Trinajstić information content (AvgIpc) is 2.94. The van der Waals surface area contributed by atoms with Gasteiger partial charge in [-0.05, 0) is 31.2 Å². The quantitative estimate of drug-likeness (QED) is 0.684. The Morgan fingerprint density at radius 1 is 1.12 bits per heavy atom. The van der Waals surface area contributed by atoms with Gasteiger partial charge in [0.2, 0.25) is 5.91 Å². The zero-order valence-corrected chi connectivity index (χ0v) is 14.0. The molecule has 0 aliphatic carbocycles. The van der Waals surface area contributed by atoms with Crippen LogP contribution in [0.4, 0.5) is 14.5 Å². The molecule has 134 valence electrons. The number of likely N-dealkylation sites (N-methyl/N-ethyl adjacent to an activating group) is 1. The molecule has 0 bridgehead atoms. The molecule has 1 aromatic heterocycles. The molecular formula is C17H20F2N3O3+. The van der Waals surface area contributed by atoms with Crippen LogP contribution in [0, 0.1) is 18.6 Å². The van der Waals surface area contributed by atoms with E-state index in [4.69, 9.17) is 4.42 Å². The fraction of sp³-hybridized carbons (Fsp3) is 0.294. The number of quaternary nitrogens is 1. The van der Waals surface area contributed by atoms with Crippen LogP contribution in [0.15, 0.2) is 34.7 Å². The van der Waals surface area contributed by atoms with Crippen LogP contribution in [-0.2, 0) is 16.1 Å². The van der Waals surface area contributed by atoms with Crippen LogP contribution in [0.1, 0.15) is 11.5 Å². The molecule has 8 heteroatoms. The number of amides is 2. The molecule has 1 atom stereocenters. The van der Waals surface area contributed by atoms with E-state index >= 15 is 0 Å². The minimum atomic E-state index is -1.06. The zero-order valence-electron chi connectivity index (χ0n) is 14.0. The van der Waals surface area contributed by atoms with Crippen molar-refractivity contribution in [3.63, 3.8) is 0 Å². The van der Waals surface area contributed by atoms with Crippen molar-refractivity contribution < 1.29 is 27.7 Å². The van der Waals surface area contributed by atoms with Gasteiger partial charge >= 0.3 is 0 Å². The number of halogens is 2. The van der Waals surface area contributed by atoms with Crippen molar-refractivity contribution in [1.82, 2.24) is 5.32 Å². The molecule has 25 heavy (non-hydrogen) atoms. The maximum absolute atomic E-state index is 13.1. The zero-order chi connectivity index (χ0) is 18.4. The highest BCUT2D eigenvalue weighted by Crippen LogP contribution is 2.12. The van der Waals surface area contributed by atoms with Crippen LogP contribution in [0.5, 0.6) is 0 Å². The number of hydrogen-bond donors (Lipinski definition) is 3. The summed E-state index contributed by atoms with van der Waals surface area (Å²) in [6.07, 6.45) is 0. The second kappa shape index (κ2) is 8.39. The van der Waals surface area contributed by atoms with E-state index in [-0.39, 0.29) is 24.7 Å². The Bertz CT molecular complexity index is 761. The highest BCUT2D eigenvalue weighted by atomic mass is 19.2. The number of aryl methyl sites for hydroxylation is 1. The molecule has 0 spiro atoms. The van der Waals surface area contributed by atoms with E-state index in [2.05, 4.69) is 10.6 Å². The first kappa shape index (κ1) is 18.6. The minimum absolute atomic E-state index is 0.120. The van der Waals surface area contributed by atoms with Crippen molar-refractivity contribution in [2.24, 2.45) is 0 Å². The lowest BCUT2D eigenvalue weighted by molar-refractivity contribution is -0.886. The summed E-state index contributed by atoms with van der Waals surface area (Å²) in [7, 11) is 1.83. The van der Waals surface area contributed by atoms with Gasteiger partial charge in [0, 0.05) is 11.8 Å². The fourth-order valence-electron chi connectivity index (χ4n) is 2.23. The molecule has 0 radical (unpaired) electrons. The van der Waals surface area contributed by atoms with E-state index in [1.807, 2.05) is 26.1 Å². The summed E-state index contributed by atoms with van der Waals surface area (Å²) in [6.45, 7) is 2.29. The summed E-state index contributed by atoms with van der Waals surface area (Å²) >= 11 is 0. The molecule has 2 amide bonds. The predicted octanol–water partition coefficient (Wildman–Crippen LogP) is 0.636. The van der Waals surface area contributed by atoms with E-state index in [1.165, 1.54) is 6.07 Å². The molecule has 3 N–H and O–H groups in total. The second-order valence-electron chi connectivity index (χ2n) is 5.78. The number of carbonyl (C=O) groups is 2. The Morgan fingerprint density at radius 2 is 1.88 bits per heavy atom. The molecule has 1 aromatic carbocycles. The monoisotopic (exact) mass is 352 g/mol. The Kier molecular flexibility index (Phi) is 6.24. The second-order valence-corrected chi connectivity index (χ2v) is 5.78. The standard InChI is InChI=1S/C17H19F2N3O3/c1-11-3-5-13(25-11)9-22(2)10-17(24)20-8-16(23)21-12-4-6-14(18)15(19)7-12/h3-7H,8-10H2,1-2H3,(H,20,24)(H,21,23)/p+1. The van der Waals surface area contributed by atoms with Gasteiger partial charge in [-0.15, -0.1) is 0 Å². The van der Waals surface area contributed by atoms with Crippen LogP contribution in [0.2, 0.25) is 0 Å². The van der Waals surface area contributed by atoms with E-state index in [9.17, 15) is 18.4 Å². The average molecular weight is 352 g/mol. The van der Waals surface area contributed by atoms with Gasteiger partial charge in [-0.1, -0.05) is 0 Å². The molecule has 1 heterocycles. The first-order valence-corrected chi connectivity index (χ1v) is 7.71. The van der Waals surface area contributed by atoms with E-state index in [1.54, 1.807) is 0 Å². The first-order valence-electron chi connectivity index (χ1n) is 7.71. The molecule has 0 saturated heterocycles. The Hall–Kier alpha value is -2.74. The Labute approximate surface area is 143 Å². The molecule has 2 aromatic rings. The number of anilines is 1. The maximum Gasteiger partial charge on any atom is 0.275 e. The summed E-state index contributed by atoms with van der Waals surface area (Å²) in [5.41, 5.74) is 0.120. The number of rotatable bonds is 7. The van der Waals surface area contributed by atoms with Gasteiger partial charge in [0.05, 0.1) is 13.6 Å². The fourth-order valence-corrected chi connectivity index (χ4v) is 2.23. The third-order valence-electron chi connectivity index (χ3n) is 3.38. The number of furan rings is 1. The summed E-state index contributed by atoms with van der Waals surface area (Å²) in [5, 5.41) is 4.86. The molecule has 0 fully saturated rings. The van der Waals surface area contributed by atoms with Crippen LogP contribution in [0.25, 0.3) is 0 Å². The van der Waals surface area contributed by atoms with Crippen LogP contribution >= 0.6 is 0 Å². The van der Waals surface area contributed by atoms with Gasteiger partial charge in [0.25, 0.3) is 5.91 Å². The highest BCUT2D eigenvalue weighted by Gasteiger charge is 2.14. The van der Waals surface area contributed by atoms with E-state index in [0.717, 1.165) is 28.6 Å². The molecule has 2 rings (SSSR count). The lowest BCUT2D eigenvalue weighted by Crippen LogP contribution is -3.08. The molecule has 0 aliphatic heterocycles. The van der Waals surface area contributed by atoms with Crippen molar-refractivity contribution in [2.75, 3.05) is 25.5 Å². The largest absolute Gasteiger partial charge is 0.460 e. The normalized spacial score (nSPS) is 11.8. The summed E-state index contributed by atoms with van der Waals surface area (Å²) in [5.74, 6) is -1.30. The van der Waals surface area contributed by atoms with Gasteiger partial charge in [0.15, 0.2) is 23.9 Å². The SMILES string of the molecule is Cc1ccc(C[NH+](C)CC(=O)NCC(=O)Nc2ccc(F)c(F)c2)o1. The van der Waals surface area contributed by atoms with Crippen molar-refractivity contribution in [2.45, 2.75) is 13.5 Å². The Balaban J connectivity index is 1.73. The van der Waals surface area contributed by atoms with Crippen LogP contribution in [0.3, 0.4) is 0 Å². The number of hydrogen-bond acceptors (Lipinski definition) is 3. The minimum Gasteiger partial charge on any atom is -0.460 e. The van der Waals surface area contributed by atoms with Gasteiger partial charge in [0.1, 0.15) is 12.3 Å². The Morgan fingerprint density at radius 3 is 2.52 bits per heavy atom. The van der Waals surface area contributed by atoms with Gasteiger partial charge in [-0.3, -0.25) is 9.59 Å². The molecule has 0 aliphatic rings. The predicted molar refractivity (Wildman–Crippen MR) is 86.9 cm³/mol. The lowest BCUT2D eigenvalue weighted by Gasteiger charge is -2.12. The van der Waals surface area contributed by atoms with Crippen molar-refractivity contribution >= 4 is 17.5 Å². The first-order chi connectivity index (χ1) is 11.8. The third-order valence-corrected chi connectivity index (χ3v) is 3.38.